The van der Waals surface area contributed by atoms with Gasteiger partial charge in [0.25, 0.3) is 0 Å². The smallest absolute Gasteiger partial charge is 0.0960 e. The highest BCUT2D eigenvalue weighted by atomic mass is 16.5. The minimum atomic E-state index is -0.435. The number of hydrogen-bond acceptors (Lipinski definition) is 6. The number of nitriles is 1. The predicted molar refractivity (Wildman–Crippen MR) is 170 cm³/mol. The van der Waals surface area contributed by atoms with Crippen molar-refractivity contribution < 1.29 is 14.9 Å². The number of hydrogen-bond donors (Lipinski definition) is 2. The molecule has 0 heterocycles. The van der Waals surface area contributed by atoms with Gasteiger partial charge in [0.1, 0.15) is 0 Å². The van der Waals surface area contributed by atoms with Crippen LogP contribution < -0.4 is 0 Å². The summed E-state index contributed by atoms with van der Waals surface area (Å²) in [5.41, 5.74) is 0.804. The summed E-state index contributed by atoms with van der Waals surface area (Å²) in [6.45, 7) is 20.2. The zero-order valence-electron chi connectivity index (χ0n) is 26.5. The third kappa shape index (κ3) is 9.04. The Labute approximate surface area is 248 Å². The Morgan fingerprint density at radius 3 is 2.33 bits per heavy atom. The number of ether oxygens (including phenoxy) is 1. The Balaban J connectivity index is 0.00000204. The van der Waals surface area contributed by atoms with Gasteiger partial charge in [-0.3, -0.25) is 5.01 Å². The topological polar surface area (TPSA) is 89.1 Å². The molecule has 0 bridgehead atoms. The van der Waals surface area contributed by atoms with Crippen LogP contribution >= 0.6 is 0 Å². The van der Waals surface area contributed by atoms with Crippen LogP contribution in [0.1, 0.15) is 114 Å². The molecule has 4 fully saturated rings. The summed E-state index contributed by atoms with van der Waals surface area (Å²) >= 11 is 0. The monoisotopic (exact) mass is 564 g/mol. The van der Waals surface area contributed by atoms with E-state index < -0.39 is 6.10 Å². The number of fused-ring (bicyclic) bond motifs is 5. The molecule has 0 amide bonds. The van der Waals surface area contributed by atoms with Gasteiger partial charge in [-0.1, -0.05) is 42.0 Å². The van der Waals surface area contributed by atoms with Crippen LogP contribution in [-0.2, 0) is 4.74 Å². The molecule has 0 saturated heterocycles. The molecule has 40 heavy (non-hydrogen) atoms. The second-order valence-corrected chi connectivity index (χ2v) is 11.8. The SMILES string of the molecule is C.C=NN(/C=C(\C)C#N)C[C@@H](O)C1CC[C@H]2C3CCC4CC(COCC)CCC4C3CCC12C.CC.CC.CO. The first-order valence-electron chi connectivity index (χ1n) is 15.9. The number of nitrogens with zero attached hydrogens (tertiary/aromatic N) is 3. The average molecular weight is 564 g/mol. The molecule has 9 atom stereocenters. The second-order valence-electron chi connectivity index (χ2n) is 11.8. The highest BCUT2D eigenvalue weighted by Gasteiger charge is 2.58. The van der Waals surface area contributed by atoms with Crippen LogP contribution in [0.15, 0.2) is 16.9 Å². The van der Waals surface area contributed by atoms with E-state index in [1.807, 2.05) is 27.7 Å². The molecule has 0 aromatic carbocycles. The predicted octanol–water partition coefficient (Wildman–Crippen LogP) is 7.91. The lowest BCUT2D eigenvalue weighted by Gasteiger charge is -2.56. The first-order valence-corrected chi connectivity index (χ1v) is 15.9. The van der Waals surface area contributed by atoms with Crippen LogP contribution in [0.4, 0.5) is 0 Å². The van der Waals surface area contributed by atoms with Gasteiger partial charge in [0.05, 0.1) is 18.7 Å². The van der Waals surface area contributed by atoms with Crippen LogP contribution in [0.5, 0.6) is 0 Å². The fraction of sp³-hybridized carbons (Fsp3) is 0.882. The Hall–Kier alpha value is -1.42. The average Bonchev–Trinajstić information content (AvgIpc) is 3.35. The zero-order valence-corrected chi connectivity index (χ0v) is 26.5. The highest BCUT2D eigenvalue weighted by molar-refractivity contribution is 5.24. The van der Waals surface area contributed by atoms with Gasteiger partial charge in [0.2, 0.25) is 0 Å². The molecule has 4 aliphatic rings. The molecule has 4 saturated carbocycles. The van der Waals surface area contributed by atoms with Crippen molar-refractivity contribution >= 4 is 6.72 Å². The molecule has 2 N–H and O–H groups in total. The van der Waals surface area contributed by atoms with Gasteiger partial charge in [0.15, 0.2) is 0 Å². The first-order chi connectivity index (χ1) is 18.9. The zero-order chi connectivity index (χ0) is 29.6. The third-order valence-electron chi connectivity index (χ3n) is 10.2. The Bertz CT molecular complexity index is 766. The van der Waals surface area contributed by atoms with Crippen LogP contribution in [0.3, 0.4) is 0 Å². The van der Waals surface area contributed by atoms with Gasteiger partial charge in [-0.05, 0) is 118 Å². The van der Waals surface area contributed by atoms with Crippen molar-refractivity contribution in [3.05, 3.63) is 11.8 Å². The van der Waals surface area contributed by atoms with Gasteiger partial charge in [-0.2, -0.15) is 10.4 Å². The van der Waals surface area contributed by atoms with E-state index in [4.69, 9.17) is 15.1 Å². The van der Waals surface area contributed by atoms with Crippen molar-refractivity contribution in [2.24, 2.45) is 51.9 Å². The molecule has 0 radical (unpaired) electrons. The van der Waals surface area contributed by atoms with Crippen molar-refractivity contribution in [2.75, 3.05) is 26.9 Å². The van der Waals surface area contributed by atoms with Gasteiger partial charge in [-0.25, -0.2) is 0 Å². The molecule has 0 aliphatic heterocycles. The van der Waals surface area contributed by atoms with Crippen LogP contribution in [-0.4, -0.2) is 54.9 Å². The number of hydrazone groups is 1. The summed E-state index contributed by atoms with van der Waals surface area (Å²) in [7, 11) is 1.00. The van der Waals surface area contributed by atoms with Gasteiger partial charge < -0.3 is 14.9 Å². The summed E-state index contributed by atoms with van der Waals surface area (Å²) in [6.07, 6.45) is 13.2. The summed E-state index contributed by atoms with van der Waals surface area (Å²) in [5, 5.41) is 33.0. The molecule has 0 aromatic heterocycles. The van der Waals surface area contributed by atoms with Gasteiger partial charge >= 0.3 is 0 Å². The summed E-state index contributed by atoms with van der Waals surface area (Å²) in [4.78, 5) is 0. The van der Waals surface area contributed by atoms with E-state index in [-0.39, 0.29) is 12.8 Å². The Kier molecular flexibility index (Phi) is 19.0. The molecule has 6 heteroatoms. The summed E-state index contributed by atoms with van der Waals surface area (Å²) < 4.78 is 5.77. The highest BCUT2D eigenvalue weighted by Crippen LogP contribution is 2.65. The fourth-order valence-electron chi connectivity index (χ4n) is 8.78. The molecule has 234 valence electrons. The van der Waals surface area contributed by atoms with E-state index in [0.29, 0.717) is 18.0 Å². The number of aliphatic hydroxyl groups is 2. The van der Waals surface area contributed by atoms with Crippen molar-refractivity contribution in [3.8, 4) is 6.07 Å². The number of aliphatic hydroxyl groups excluding tert-OH is 2. The van der Waals surface area contributed by atoms with Crippen molar-refractivity contribution in [1.82, 2.24) is 5.01 Å². The van der Waals surface area contributed by atoms with Crippen molar-refractivity contribution in [2.45, 2.75) is 120 Å². The maximum Gasteiger partial charge on any atom is 0.0960 e. The van der Waals surface area contributed by atoms with E-state index in [0.717, 1.165) is 62.3 Å². The van der Waals surface area contributed by atoms with E-state index in [2.05, 4.69) is 31.7 Å². The largest absolute Gasteiger partial charge is 0.400 e. The van der Waals surface area contributed by atoms with E-state index in [9.17, 15) is 5.11 Å². The fourth-order valence-corrected chi connectivity index (χ4v) is 8.78. The van der Waals surface area contributed by atoms with Gasteiger partial charge in [0, 0.05) is 38.8 Å². The maximum atomic E-state index is 11.3. The van der Waals surface area contributed by atoms with Crippen molar-refractivity contribution in [3.63, 3.8) is 0 Å². The Morgan fingerprint density at radius 1 is 1.07 bits per heavy atom. The lowest BCUT2D eigenvalue weighted by molar-refractivity contribution is -0.0890. The van der Waals surface area contributed by atoms with Crippen molar-refractivity contribution in [1.29, 1.82) is 5.26 Å². The first kappa shape index (κ1) is 38.6. The van der Waals surface area contributed by atoms with Crippen LogP contribution in [0, 0.1) is 58.2 Å². The molecule has 4 rings (SSSR count). The Morgan fingerprint density at radius 2 is 1.73 bits per heavy atom. The minimum Gasteiger partial charge on any atom is -0.400 e. The maximum absolute atomic E-state index is 11.3. The van der Waals surface area contributed by atoms with Gasteiger partial charge in [-0.15, -0.1) is 0 Å². The third-order valence-corrected chi connectivity index (χ3v) is 10.2. The van der Waals surface area contributed by atoms with Crippen LogP contribution in [0.2, 0.25) is 0 Å². The van der Waals surface area contributed by atoms with E-state index in [1.165, 1.54) is 51.4 Å². The molecule has 4 aliphatic carbocycles. The van der Waals surface area contributed by atoms with Crippen LogP contribution in [0.25, 0.3) is 0 Å². The standard InChI is InChI=1S/C28H45N3O2.2C2H6.CH4O.CH4/c1-5-33-18-20-6-8-22-21(14-20)7-9-24-23(22)12-13-28(3)25(24)10-11-26(28)27(32)17-31(30-4)16-19(2)15-29;3*1-2;/h16,20-27,32H,4-14,17-18H2,1-3H3;2*1-2H3;2H,1H3;1H4/b19-16+;;;;/t20?,21?,22?,23?,24?,25-,26?,27+,28?;;;;/m0..../s1. The second kappa shape index (κ2) is 19.7. The number of rotatable bonds is 8. The van der Waals surface area contributed by atoms with E-state index in [1.54, 1.807) is 18.1 Å². The molecule has 6 nitrogen and oxygen atoms in total. The van der Waals surface area contributed by atoms with E-state index >= 15 is 0 Å². The molecule has 0 spiro atoms. The molecule has 0 aromatic rings. The normalized spacial score (nSPS) is 34.5. The molecule has 7 unspecified atom stereocenters. The quantitative estimate of drug-likeness (QED) is 0.178. The molecular weight excluding hydrogens is 498 g/mol. The lowest BCUT2D eigenvalue weighted by atomic mass is 9.49. The summed E-state index contributed by atoms with van der Waals surface area (Å²) in [5.74, 6) is 5.43. The minimum absolute atomic E-state index is 0. The number of allylic oxidation sites excluding steroid dienone is 1. The molecular formula is C34H65N3O3. The lowest BCUT2D eigenvalue weighted by Crippen LogP contribution is -2.50. The summed E-state index contributed by atoms with van der Waals surface area (Å²) in [6, 6.07) is 2.13.